The molecule has 0 spiro atoms. The van der Waals surface area contributed by atoms with E-state index in [0.29, 0.717) is 5.69 Å². The summed E-state index contributed by atoms with van der Waals surface area (Å²) in [5.41, 5.74) is 0.513. The van der Waals surface area contributed by atoms with Gasteiger partial charge in [-0.1, -0.05) is 17.7 Å². The number of benzene rings is 1. The third-order valence-electron chi connectivity index (χ3n) is 2.23. The second-order valence-electron chi connectivity index (χ2n) is 3.43. The summed E-state index contributed by atoms with van der Waals surface area (Å²) < 4.78 is 13.3. The van der Waals surface area contributed by atoms with Crippen LogP contribution in [0, 0.1) is 11.7 Å². The fourth-order valence-electron chi connectivity index (χ4n) is 1.22. The zero-order chi connectivity index (χ0) is 9.26. The van der Waals surface area contributed by atoms with Crippen LogP contribution in [0.5, 0.6) is 0 Å². The number of hydrogen-bond donors (Lipinski definition) is 1. The smallest absolute Gasteiger partial charge is 0.164 e. The average Bonchev–Trinajstić information content (AvgIpc) is 2.91. The second-order valence-corrected chi connectivity index (χ2v) is 3.83. The molecule has 1 nitrogen and oxygen atoms in total. The zero-order valence-electron chi connectivity index (χ0n) is 7.19. The molecule has 1 N–H and O–H groups in total. The highest BCUT2D eigenvalue weighted by atomic mass is 35.5. The van der Waals surface area contributed by atoms with Crippen molar-refractivity contribution in [3.8, 4) is 0 Å². The highest BCUT2D eigenvalue weighted by Crippen LogP contribution is 2.30. The second kappa shape index (κ2) is 3.54. The molecule has 0 atom stereocenters. The molecule has 3 heteroatoms. The zero-order valence-corrected chi connectivity index (χ0v) is 7.94. The summed E-state index contributed by atoms with van der Waals surface area (Å²) in [4.78, 5) is 0. The largest absolute Gasteiger partial charge is 0.382 e. The maximum Gasteiger partial charge on any atom is 0.164 e. The molecule has 0 aromatic heterocycles. The molecular weight excluding hydrogens is 189 g/mol. The standard InChI is InChI=1S/C10H11ClFN/c11-8-2-1-3-9(10(8)12)13-6-7-4-5-7/h1-3,7,13H,4-6H2. The van der Waals surface area contributed by atoms with E-state index in [1.54, 1.807) is 18.2 Å². The van der Waals surface area contributed by atoms with Crippen molar-refractivity contribution in [2.24, 2.45) is 5.92 Å². The van der Waals surface area contributed by atoms with E-state index in [1.165, 1.54) is 12.8 Å². The van der Waals surface area contributed by atoms with Crippen LogP contribution in [0.15, 0.2) is 18.2 Å². The molecule has 1 saturated carbocycles. The molecule has 1 aliphatic carbocycles. The van der Waals surface area contributed by atoms with Gasteiger partial charge in [0.15, 0.2) is 5.82 Å². The Kier molecular flexibility index (Phi) is 2.40. The van der Waals surface area contributed by atoms with Gasteiger partial charge in [0.25, 0.3) is 0 Å². The molecule has 1 fully saturated rings. The molecule has 2 rings (SSSR count). The van der Waals surface area contributed by atoms with Gasteiger partial charge >= 0.3 is 0 Å². The minimum atomic E-state index is -0.343. The van der Waals surface area contributed by atoms with Crippen molar-refractivity contribution in [1.82, 2.24) is 0 Å². The first-order valence-electron chi connectivity index (χ1n) is 4.45. The van der Waals surface area contributed by atoms with Gasteiger partial charge in [-0.05, 0) is 30.9 Å². The highest BCUT2D eigenvalue weighted by Gasteiger charge is 2.21. The van der Waals surface area contributed by atoms with E-state index in [-0.39, 0.29) is 10.8 Å². The van der Waals surface area contributed by atoms with E-state index >= 15 is 0 Å². The van der Waals surface area contributed by atoms with Crippen LogP contribution in [-0.2, 0) is 0 Å². The maximum absolute atomic E-state index is 13.3. The van der Waals surface area contributed by atoms with Gasteiger partial charge in [-0.2, -0.15) is 0 Å². The molecule has 13 heavy (non-hydrogen) atoms. The molecule has 1 aromatic carbocycles. The highest BCUT2D eigenvalue weighted by molar-refractivity contribution is 6.31. The lowest BCUT2D eigenvalue weighted by Gasteiger charge is -2.06. The van der Waals surface area contributed by atoms with Crippen molar-refractivity contribution in [3.05, 3.63) is 29.0 Å². The van der Waals surface area contributed by atoms with Crippen molar-refractivity contribution in [1.29, 1.82) is 0 Å². The summed E-state index contributed by atoms with van der Waals surface area (Å²) in [5.74, 6) is 0.392. The molecular formula is C10H11ClFN. The van der Waals surface area contributed by atoms with Crippen LogP contribution in [0.2, 0.25) is 5.02 Å². The molecule has 0 saturated heterocycles. The van der Waals surface area contributed by atoms with Gasteiger partial charge in [-0.25, -0.2) is 4.39 Å². The number of anilines is 1. The van der Waals surface area contributed by atoms with Gasteiger partial charge in [0.1, 0.15) is 0 Å². The van der Waals surface area contributed by atoms with Crippen molar-refractivity contribution in [3.63, 3.8) is 0 Å². The maximum atomic E-state index is 13.3. The minimum Gasteiger partial charge on any atom is -0.382 e. The fourth-order valence-corrected chi connectivity index (χ4v) is 1.39. The Morgan fingerprint density at radius 2 is 2.23 bits per heavy atom. The van der Waals surface area contributed by atoms with E-state index < -0.39 is 0 Å². The predicted molar refractivity (Wildman–Crippen MR) is 52.6 cm³/mol. The topological polar surface area (TPSA) is 12.0 Å². The van der Waals surface area contributed by atoms with Crippen molar-refractivity contribution >= 4 is 17.3 Å². The third-order valence-corrected chi connectivity index (χ3v) is 2.52. The molecule has 0 bridgehead atoms. The minimum absolute atomic E-state index is 0.181. The number of hydrogen-bond acceptors (Lipinski definition) is 1. The van der Waals surface area contributed by atoms with E-state index in [1.807, 2.05) is 0 Å². The molecule has 0 heterocycles. The Bertz CT molecular complexity index is 310. The summed E-state index contributed by atoms with van der Waals surface area (Å²) in [6.45, 7) is 0.858. The van der Waals surface area contributed by atoms with Crippen molar-refractivity contribution < 1.29 is 4.39 Å². The monoisotopic (exact) mass is 199 g/mol. The average molecular weight is 200 g/mol. The van der Waals surface area contributed by atoms with Gasteiger partial charge < -0.3 is 5.32 Å². The van der Waals surface area contributed by atoms with Gasteiger partial charge in [-0.15, -0.1) is 0 Å². The lowest BCUT2D eigenvalue weighted by Crippen LogP contribution is -2.04. The number of rotatable bonds is 3. The van der Waals surface area contributed by atoms with Gasteiger partial charge in [0.2, 0.25) is 0 Å². The van der Waals surface area contributed by atoms with Gasteiger partial charge in [0, 0.05) is 6.54 Å². The van der Waals surface area contributed by atoms with Crippen molar-refractivity contribution in [2.75, 3.05) is 11.9 Å². The Morgan fingerprint density at radius 1 is 1.46 bits per heavy atom. The molecule has 0 aliphatic heterocycles. The lowest BCUT2D eigenvalue weighted by molar-refractivity contribution is 0.629. The molecule has 0 amide bonds. The van der Waals surface area contributed by atoms with E-state index in [2.05, 4.69) is 5.32 Å². The summed E-state index contributed by atoms with van der Waals surface area (Å²) in [6.07, 6.45) is 2.52. The number of halogens is 2. The molecule has 0 unspecified atom stereocenters. The molecule has 0 radical (unpaired) electrons. The predicted octanol–water partition coefficient (Wildman–Crippen LogP) is 3.30. The van der Waals surface area contributed by atoms with Crippen LogP contribution in [-0.4, -0.2) is 6.54 Å². The Hall–Kier alpha value is -0.760. The Balaban J connectivity index is 2.05. The first kappa shape index (κ1) is 8.82. The lowest BCUT2D eigenvalue weighted by atomic mass is 10.3. The third kappa shape index (κ3) is 2.13. The Morgan fingerprint density at radius 3 is 2.92 bits per heavy atom. The van der Waals surface area contributed by atoms with Crippen LogP contribution in [0.25, 0.3) is 0 Å². The van der Waals surface area contributed by atoms with Crippen LogP contribution >= 0.6 is 11.6 Å². The molecule has 70 valence electrons. The van der Waals surface area contributed by atoms with Gasteiger partial charge in [0.05, 0.1) is 10.7 Å². The van der Waals surface area contributed by atoms with Crippen LogP contribution in [0.4, 0.5) is 10.1 Å². The molecule has 1 aromatic rings. The van der Waals surface area contributed by atoms with E-state index in [9.17, 15) is 4.39 Å². The fraction of sp³-hybridized carbons (Fsp3) is 0.400. The first-order valence-corrected chi connectivity index (χ1v) is 4.83. The van der Waals surface area contributed by atoms with E-state index in [4.69, 9.17) is 11.6 Å². The van der Waals surface area contributed by atoms with Crippen LogP contribution < -0.4 is 5.32 Å². The molecule has 1 aliphatic rings. The summed E-state index contributed by atoms with van der Waals surface area (Å²) in [5, 5.41) is 3.24. The summed E-state index contributed by atoms with van der Waals surface area (Å²) in [6, 6.07) is 5.02. The normalized spacial score (nSPS) is 15.8. The summed E-state index contributed by atoms with van der Waals surface area (Å²) in [7, 11) is 0. The SMILES string of the molecule is Fc1c(Cl)cccc1NCC1CC1. The van der Waals surface area contributed by atoms with Crippen molar-refractivity contribution in [2.45, 2.75) is 12.8 Å². The van der Waals surface area contributed by atoms with Crippen LogP contribution in [0.1, 0.15) is 12.8 Å². The number of nitrogens with one attached hydrogen (secondary N) is 1. The first-order chi connectivity index (χ1) is 6.27. The van der Waals surface area contributed by atoms with Gasteiger partial charge in [-0.3, -0.25) is 0 Å². The van der Waals surface area contributed by atoms with Crippen LogP contribution in [0.3, 0.4) is 0 Å². The quantitative estimate of drug-likeness (QED) is 0.788. The summed E-state index contributed by atoms with van der Waals surface area (Å²) >= 11 is 5.63. The van der Waals surface area contributed by atoms with E-state index in [0.717, 1.165) is 12.5 Å². The Labute approximate surface area is 81.9 Å².